The Morgan fingerprint density at radius 1 is 1.50 bits per heavy atom. The zero-order valence-corrected chi connectivity index (χ0v) is 9.11. The highest BCUT2D eigenvalue weighted by atomic mass is 32.2. The van der Waals surface area contributed by atoms with Crippen molar-refractivity contribution in [1.82, 2.24) is 9.97 Å². The van der Waals surface area contributed by atoms with Crippen molar-refractivity contribution < 1.29 is 5.11 Å². The number of nitrogens with one attached hydrogen (secondary N) is 1. The number of aromatic nitrogens is 2. The van der Waals surface area contributed by atoms with Crippen LogP contribution in [-0.2, 0) is 0 Å². The van der Waals surface area contributed by atoms with E-state index in [0.717, 1.165) is 21.1 Å². The summed E-state index contributed by atoms with van der Waals surface area (Å²) in [6.45, 7) is 0.162. The second kappa shape index (κ2) is 4.25. The van der Waals surface area contributed by atoms with Crippen LogP contribution in [0.25, 0.3) is 11.0 Å². The molecule has 0 aliphatic rings. The van der Waals surface area contributed by atoms with E-state index >= 15 is 0 Å². The summed E-state index contributed by atoms with van der Waals surface area (Å²) in [6, 6.07) is 5.81. The maximum absolute atomic E-state index is 8.68. The third-order valence-corrected chi connectivity index (χ3v) is 3.01. The number of H-pyrrole nitrogens is 1. The number of aliphatic hydroxyl groups excluding tert-OH is 1. The fourth-order valence-electron chi connectivity index (χ4n) is 1.21. The van der Waals surface area contributed by atoms with Crippen LogP contribution < -0.4 is 0 Å². The van der Waals surface area contributed by atoms with Gasteiger partial charge in [0.05, 0.1) is 12.1 Å². The molecule has 0 aliphatic carbocycles. The summed E-state index contributed by atoms with van der Waals surface area (Å²) in [4.78, 5) is 8.40. The topological polar surface area (TPSA) is 48.9 Å². The number of nitrogens with zero attached hydrogens (tertiary/aromatic N) is 1. The molecule has 2 rings (SSSR count). The molecule has 2 aromatic rings. The zero-order valence-electron chi connectivity index (χ0n) is 7.40. The fourth-order valence-corrected chi connectivity index (χ4v) is 2.08. The van der Waals surface area contributed by atoms with Crippen LogP contribution in [0.1, 0.15) is 0 Å². The van der Waals surface area contributed by atoms with Gasteiger partial charge >= 0.3 is 0 Å². The highest BCUT2D eigenvalue weighted by Crippen LogP contribution is 2.23. The summed E-state index contributed by atoms with van der Waals surface area (Å²) in [5.74, 6) is 0.654. The Hall–Kier alpha value is -0.650. The molecule has 0 bridgehead atoms. The molecular formula is C9H10N2OS2. The molecule has 0 unspecified atom stereocenters. The molecule has 14 heavy (non-hydrogen) atoms. The molecule has 1 aromatic carbocycles. The van der Waals surface area contributed by atoms with E-state index in [1.54, 1.807) is 0 Å². The number of imidazole rings is 1. The van der Waals surface area contributed by atoms with E-state index in [0.29, 0.717) is 5.75 Å². The minimum Gasteiger partial charge on any atom is -0.396 e. The van der Waals surface area contributed by atoms with Crippen LogP contribution >= 0.6 is 24.4 Å². The molecule has 0 atom stereocenters. The number of hydrogen-bond acceptors (Lipinski definition) is 4. The molecule has 74 valence electrons. The average Bonchev–Trinajstić information content (AvgIpc) is 2.59. The van der Waals surface area contributed by atoms with Crippen molar-refractivity contribution in [2.75, 3.05) is 12.4 Å². The highest BCUT2D eigenvalue weighted by molar-refractivity contribution is 7.99. The molecular weight excluding hydrogens is 216 g/mol. The average molecular weight is 226 g/mol. The third kappa shape index (κ3) is 1.89. The van der Waals surface area contributed by atoms with E-state index in [9.17, 15) is 0 Å². The first-order chi connectivity index (χ1) is 6.81. The molecule has 0 fully saturated rings. The quantitative estimate of drug-likeness (QED) is 0.553. The monoisotopic (exact) mass is 226 g/mol. The lowest BCUT2D eigenvalue weighted by atomic mass is 10.3. The van der Waals surface area contributed by atoms with Crippen LogP contribution in [0.15, 0.2) is 28.3 Å². The summed E-state index contributed by atoms with van der Waals surface area (Å²) >= 11 is 5.82. The summed E-state index contributed by atoms with van der Waals surface area (Å²) in [6.07, 6.45) is 0. The molecule has 1 heterocycles. The summed E-state index contributed by atoms with van der Waals surface area (Å²) in [7, 11) is 0. The van der Waals surface area contributed by atoms with Gasteiger partial charge in [-0.05, 0) is 12.1 Å². The number of thioether (sulfide) groups is 1. The van der Waals surface area contributed by atoms with Gasteiger partial charge in [-0.15, -0.1) is 12.6 Å². The molecule has 0 amide bonds. The first kappa shape index (κ1) is 9.89. The van der Waals surface area contributed by atoms with Gasteiger partial charge in [-0.25, -0.2) is 4.98 Å². The van der Waals surface area contributed by atoms with Crippen molar-refractivity contribution in [2.45, 2.75) is 10.1 Å². The molecule has 0 saturated carbocycles. The Morgan fingerprint density at radius 3 is 3.07 bits per heavy atom. The van der Waals surface area contributed by atoms with Crippen LogP contribution in [0.4, 0.5) is 0 Å². The van der Waals surface area contributed by atoms with Crippen LogP contribution in [0.3, 0.4) is 0 Å². The van der Waals surface area contributed by atoms with Crippen molar-refractivity contribution >= 4 is 35.4 Å². The van der Waals surface area contributed by atoms with Gasteiger partial charge in [0.2, 0.25) is 0 Å². The number of benzene rings is 1. The van der Waals surface area contributed by atoms with Gasteiger partial charge in [0.1, 0.15) is 5.52 Å². The van der Waals surface area contributed by atoms with Crippen molar-refractivity contribution in [3.63, 3.8) is 0 Å². The number of fused-ring (bicyclic) bond motifs is 1. The maximum Gasteiger partial charge on any atom is 0.166 e. The number of rotatable bonds is 3. The van der Waals surface area contributed by atoms with Crippen LogP contribution in [0.2, 0.25) is 0 Å². The molecule has 0 saturated heterocycles. The minimum absolute atomic E-state index is 0.162. The molecule has 0 aliphatic heterocycles. The first-order valence-corrected chi connectivity index (χ1v) is 5.66. The zero-order chi connectivity index (χ0) is 9.97. The molecule has 5 heteroatoms. The van der Waals surface area contributed by atoms with Crippen molar-refractivity contribution in [2.24, 2.45) is 0 Å². The highest BCUT2D eigenvalue weighted by Gasteiger charge is 2.04. The SMILES string of the molecule is OCCSc1nc2c(S)cccc2[nH]1. The maximum atomic E-state index is 8.68. The van der Waals surface area contributed by atoms with Gasteiger partial charge in [-0.2, -0.15) is 0 Å². The Labute approximate surface area is 91.3 Å². The Morgan fingerprint density at radius 2 is 2.36 bits per heavy atom. The largest absolute Gasteiger partial charge is 0.396 e. The van der Waals surface area contributed by atoms with Crippen LogP contribution in [0, 0.1) is 0 Å². The van der Waals surface area contributed by atoms with E-state index in [1.165, 1.54) is 11.8 Å². The second-order valence-electron chi connectivity index (χ2n) is 2.79. The first-order valence-electron chi connectivity index (χ1n) is 4.22. The van der Waals surface area contributed by atoms with Crippen LogP contribution in [0.5, 0.6) is 0 Å². The van der Waals surface area contributed by atoms with E-state index in [1.807, 2.05) is 18.2 Å². The van der Waals surface area contributed by atoms with Crippen molar-refractivity contribution in [1.29, 1.82) is 0 Å². The van der Waals surface area contributed by atoms with Gasteiger partial charge in [0.15, 0.2) is 5.16 Å². The van der Waals surface area contributed by atoms with E-state index < -0.39 is 0 Å². The van der Waals surface area contributed by atoms with Gasteiger partial charge < -0.3 is 10.1 Å². The van der Waals surface area contributed by atoms with Gasteiger partial charge in [0, 0.05) is 10.6 Å². The lowest BCUT2D eigenvalue weighted by Gasteiger charge is -1.90. The Balaban J connectivity index is 2.36. The van der Waals surface area contributed by atoms with E-state index in [4.69, 9.17) is 5.11 Å². The van der Waals surface area contributed by atoms with Crippen molar-refractivity contribution in [3.05, 3.63) is 18.2 Å². The van der Waals surface area contributed by atoms with Crippen LogP contribution in [-0.4, -0.2) is 27.4 Å². The van der Waals surface area contributed by atoms with Gasteiger partial charge in [0.25, 0.3) is 0 Å². The predicted octanol–water partition coefficient (Wildman–Crippen LogP) is 1.94. The number of hydrogen-bond donors (Lipinski definition) is 3. The molecule has 0 radical (unpaired) electrons. The van der Waals surface area contributed by atoms with Gasteiger partial charge in [-0.1, -0.05) is 17.8 Å². The third-order valence-electron chi connectivity index (χ3n) is 1.80. The smallest absolute Gasteiger partial charge is 0.166 e. The van der Waals surface area contributed by atoms with E-state index in [-0.39, 0.29) is 6.61 Å². The standard InChI is InChI=1S/C9H10N2OS2/c12-4-5-14-9-10-6-2-1-3-7(13)8(6)11-9/h1-3,12-13H,4-5H2,(H,10,11). The summed E-state index contributed by atoms with van der Waals surface area (Å²) < 4.78 is 0. The molecule has 3 nitrogen and oxygen atoms in total. The number of thiol groups is 1. The lowest BCUT2D eigenvalue weighted by molar-refractivity contribution is 0.322. The molecule has 2 N–H and O–H groups in total. The normalized spacial score (nSPS) is 11.0. The van der Waals surface area contributed by atoms with Gasteiger partial charge in [-0.3, -0.25) is 0 Å². The lowest BCUT2D eigenvalue weighted by Crippen LogP contribution is -1.86. The second-order valence-corrected chi connectivity index (χ2v) is 4.35. The van der Waals surface area contributed by atoms with Crippen molar-refractivity contribution in [3.8, 4) is 0 Å². The fraction of sp³-hybridized carbons (Fsp3) is 0.222. The summed E-state index contributed by atoms with van der Waals surface area (Å²) in [5.41, 5.74) is 1.87. The minimum atomic E-state index is 0.162. The molecule has 0 spiro atoms. The van der Waals surface area contributed by atoms with E-state index in [2.05, 4.69) is 22.6 Å². The summed E-state index contributed by atoms with van der Waals surface area (Å²) in [5, 5.41) is 9.51. The number of para-hydroxylation sites is 1. The Kier molecular flexibility index (Phi) is 3.00. The Bertz CT molecular complexity index is 441. The molecule has 1 aromatic heterocycles. The number of aliphatic hydroxyl groups is 1. The predicted molar refractivity (Wildman–Crippen MR) is 61.2 cm³/mol. The number of aromatic amines is 1.